The van der Waals surface area contributed by atoms with Crippen LogP contribution in [0.5, 0.6) is 0 Å². The molecule has 1 amide bonds. The molecule has 1 atom stereocenters. The Morgan fingerprint density at radius 2 is 2.04 bits per heavy atom. The number of ether oxygens (including phenoxy) is 1. The molecule has 0 spiro atoms. The molecule has 0 aromatic carbocycles. The number of carbonyl (C=O) groups is 2. The van der Waals surface area contributed by atoms with Gasteiger partial charge in [0.1, 0.15) is 0 Å². The smallest absolute Gasteiger partial charge is 0.306 e. The van der Waals surface area contributed by atoms with Crippen molar-refractivity contribution < 1.29 is 19.4 Å². The summed E-state index contributed by atoms with van der Waals surface area (Å²) >= 11 is 1.63. The first-order valence-electron chi connectivity index (χ1n) is 8.38. The van der Waals surface area contributed by atoms with Gasteiger partial charge in [0.05, 0.1) is 24.0 Å². The minimum atomic E-state index is -0.886. The average molecular weight is 337 g/mol. The van der Waals surface area contributed by atoms with E-state index in [9.17, 15) is 9.59 Å². The summed E-state index contributed by atoms with van der Waals surface area (Å²) in [7, 11) is 0. The van der Waals surface area contributed by atoms with Crippen molar-refractivity contribution in [2.45, 2.75) is 51.0 Å². The number of carboxylic acid groups (broad SMARTS) is 1. The Kier molecular flexibility index (Phi) is 5.33. The van der Waals surface area contributed by atoms with E-state index in [1.165, 1.54) is 36.1 Å². The van der Waals surface area contributed by atoms with E-state index in [0.29, 0.717) is 19.7 Å². The normalized spacial score (nSPS) is 22.1. The lowest BCUT2D eigenvalue weighted by Gasteiger charge is -2.32. The number of thiophene rings is 1. The third-order valence-corrected chi connectivity index (χ3v) is 5.76. The topological polar surface area (TPSA) is 66.8 Å². The van der Waals surface area contributed by atoms with Crippen molar-refractivity contribution in [3.8, 4) is 0 Å². The minimum Gasteiger partial charge on any atom is -0.481 e. The van der Waals surface area contributed by atoms with Crippen LogP contribution in [0, 0.1) is 0 Å². The summed E-state index contributed by atoms with van der Waals surface area (Å²) in [6.45, 7) is 1.32. The van der Waals surface area contributed by atoms with E-state index in [0.717, 1.165) is 17.7 Å². The first-order chi connectivity index (χ1) is 11.1. The number of carbonyl (C=O) groups excluding carboxylic acids is 1. The molecule has 126 valence electrons. The van der Waals surface area contributed by atoms with E-state index in [4.69, 9.17) is 9.84 Å². The van der Waals surface area contributed by atoms with Gasteiger partial charge in [-0.1, -0.05) is 12.8 Å². The van der Waals surface area contributed by atoms with Crippen LogP contribution in [-0.4, -0.2) is 47.7 Å². The van der Waals surface area contributed by atoms with Gasteiger partial charge in [0.2, 0.25) is 0 Å². The van der Waals surface area contributed by atoms with Gasteiger partial charge >= 0.3 is 5.97 Å². The van der Waals surface area contributed by atoms with Crippen LogP contribution >= 0.6 is 11.3 Å². The van der Waals surface area contributed by atoms with E-state index >= 15 is 0 Å². The standard InChI is InChI=1S/C17H23NO4S/c19-16(20)10-13-11-18(7-8-22-13)17(21)15-9-12-5-3-1-2-4-6-14(12)23-15/h9,13H,1-8,10-11H2,(H,19,20). The highest BCUT2D eigenvalue weighted by molar-refractivity contribution is 7.14. The number of morpholine rings is 1. The molecular weight excluding hydrogens is 314 g/mol. The third kappa shape index (κ3) is 4.12. The third-order valence-electron chi connectivity index (χ3n) is 4.54. The first-order valence-corrected chi connectivity index (χ1v) is 9.19. The fourth-order valence-electron chi connectivity index (χ4n) is 3.33. The molecule has 1 N–H and O–H groups in total. The maximum absolute atomic E-state index is 12.8. The number of aryl methyl sites for hydroxylation is 2. The minimum absolute atomic E-state index is 0.0282. The number of fused-ring (bicyclic) bond motifs is 1. The highest BCUT2D eigenvalue weighted by Gasteiger charge is 2.28. The van der Waals surface area contributed by atoms with Crippen LogP contribution in [0.15, 0.2) is 6.07 Å². The summed E-state index contributed by atoms with van der Waals surface area (Å²) in [6, 6.07) is 2.06. The molecule has 1 aliphatic carbocycles. The molecule has 1 aliphatic heterocycles. The number of hydrogen-bond acceptors (Lipinski definition) is 4. The molecule has 6 heteroatoms. The number of hydrogen-bond donors (Lipinski definition) is 1. The van der Waals surface area contributed by atoms with Crippen molar-refractivity contribution in [1.29, 1.82) is 0 Å². The molecule has 1 unspecified atom stereocenters. The Morgan fingerprint density at radius 1 is 1.26 bits per heavy atom. The summed E-state index contributed by atoms with van der Waals surface area (Å²) in [5.74, 6) is -0.858. The Morgan fingerprint density at radius 3 is 2.83 bits per heavy atom. The molecule has 3 rings (SSSR count). The predicted molar refractivity (Wildman–Crippen MR) is 88.1 cm³/mol. The molecule has 2 aliphatic rings. The largest absolute Gasteiger partial charge is 0.481 e. The first kappa shape index (κ1) is 16.5. The zero-order valence-corrected chi connectivity index (χ0v) is 14.1. The Bertz CT molecular complexity index is 558. The van der Waals surface area contributed by atoms with Gasteiger partial charge < -0.3 is 14.7 Å². The van der Waals surface area contributed by atoms with Gasteiger partial charge in [-0.05, 0) is 37.3 Å². The predicted octanol–water partition coefficient (Wildman–Crippen LogP) is 2.72. The molecule has 2 heterocycles. The second-order valence-corrected chi connectivity index (χ2v) is 7.45. The van der Waals surface area contributed by atoms with Gasteiger partial charge in [0, 0.05) is 18.0 Å². The van der Waals surface area contributed by atoms with Gasteiger partial charge in [-0.3, -0.25) is 9.59 Å². The van der Waals surface area contributed by atoms with Crippen molar-refractivity contribution in [2.24, 2.45) is 0 Å². The second kappa shape index (κ2) is 7.45. The number of nitrogens with zero attached hydrogens (tertiary/aromatic N) is 1. The molecule has 0 saturated carbocycles. The van der Waals surface area contributed by atoms with Crippen molar-refractivity contribution in [3.63, 3.8) is 0 Å². The quantitative estimate of drug-likeness (QED) is 0.921. The summed E-state index contributed by atoms with van der Waals surface area (Å²) in [4.78, 5) is 27.5. The van der Waals surface area contributed by atoms with Crippen LogP contribution in [0.1, 0.15) is 52.2 Å². The molecule has 1 aromatic heterocycles. The summed E-state index contributed by atoms with van der Waals surface area (Å²) in [5.41, 5.74) is 1.34. The lowest BCUT2D eigenvalue weighted by atomic mass is 10.00. The summed E-state index contributed by atoms with van der Waals surface area (Å²) in [5, 5.41) is 8.89. The number of rotatable bonds is 3. The number of aliphatic carboxylic acids is 1. The summed E-state index contributed by atoms with van der Waals surface area (Å²) < 4.78 is 5.45. The number of carboxylic acids is 1. The second-order valence-electron chi connectivity index (χ2n) is 6.32. The van der Waals surface area contributed by atoms with E-state index in [2.05, 4.69) is 6.07 Å². The molecule has 23 heavy (non-hydrogen) atoms. The van der Waals surface area contributed by atoms with Crippen molar-refractivity contribution in [1.82, 2.24) is 4.90 Å². The van der Waals surface area contributed by atoms with Crippen LogP contribution in [0.25, 0.3) is 0 Å². The van der Waals surface area contributed by atoms with Crippen LogP contribution in [0.3, 0.4) is 0 Å². The van der Waals surface area contributed by atoms with Crippen molar-refractivity contribution in [2.75, 3.05) is 19.7 Å². The molecule has 0 radical (unpaired) electrons. The van der Waals surface area contributed by atoms with Gasteiger partial charge in [-0.15, -0.1) is 11.3 Å². The Balaban J connectivity index is 1.69. The van der Waals surface area contributed by atoms with Gasteiger partial charge in [-0.2, -0.15) is 0 Å². The van der Waals surface area contributed by atoms with Gasteiger partial charge in [-0.25, -0.2) is 0 Å². The zero-order valence-electron chi connectivity index (χ0n) is 13.3. The lowest BCUT2D eigenvalue weighted by Crippen LogP contribution is -2.46. The van der Waals surface area contributed by atoms with E-state index in [-0.39, 0.29) is 12.3 Å². The SMILES string of the molecule is O=C(O)CC1CN(C(=O)c2cc3c(s2)CCCCCC3)CCO1. The molecule has 1 aromatic rings. The van der Waals surface area contributed by atoms with Crippen LogP contribution in [0.4, 0.5) is 0 Å². The maximum Gasteiger partial charge on any atom is 0.306 e. The van der Waals surface area contributed by atoms with Crippen LogP contribution in [-0.2, 0) is 22.4 Å². The van der Waals surface area contributed by atoms with Crippen molar-refractivity contribution in [3.05, 3.63) is 21.4 Å². The molecule has 1 fully saturated rings. The van der Waals surface area contributed by atoms with Gasteiger partial charge in [0.25, 0.3) is 5.91 Å². The monoisotopic (exact) mass is 337 g/mol. The fourth-order valence-corrected chi connectivity index (χ4v) is 4.55. The maximum atomic E-state index is 12.8. The highest BCUT2D eigenvalue weighted by Crippen LogP contribution is 2.29. The van der Waals surface area contributed by atoms with E-state index in [1.807, 2.05) is 0 Å². The van der Waals surface area contributed by atoms with Crippen LogP contribution < -0.4 is 0 Å². The fraction of sp³-hybridized carbons (Fsp3) is 0.647. The highest BCUT2D eigenvalue weighted by atomic mass is 32.1. The average Bonchev–Trinajstić information content (AvgIpc) is 2.88. The molecular formula is C17H23NO4S. The lowest BCUT2D eigenvalue weighted by molar-refractivity contribution is -0.141. The Hall–Kier alpha value is -1.40. The molecule has 1 saturated heterocycles. The van der Waals surface area contributed by atoms with E-state index in [1.54, 1.807) is 16.2 Å². The van der Waals surface area contributed by atoms with Crippen LogP contribution in [0.2, 0.25) is 0 Å². The molecule has 5 nitrogen and oxygen atoms in total. The molecule has 0 bridgehead atoms. The summed E-state index contributed by atoms with van der Waals surface area (Å²) in [6.07, 6.45) is 6.67. The Labute approximate surface area is 140 Å². The number of amides is 1. The van der Waals surface area contributed by atoms with E-state index < -0.39 is 12.1 Å². The van der Waals surface area contributed by atoms with Crippen molar-refractivity contribution >= 4 is 23.2 Å². The van der Waals surface area contributed by atoms with Gasteiger partial charge in [0.15, 0.2) is 0 Å². The zero-order chi connectivity index (χ0) is 16.2.